The molecular formula is C18H19ClO7. The highest BCUT2D eigenvalue weighted by Gasteiger charge is 2.41. The Hall–Kier alpha value is -2.22. The van der Waals surface area contributed by atoms with Crippen molar-refractivity contribution in [3.63, 3.8) is 0 Å². The van der Waals surface area contributed by atoms with E-state index in [1.54, 1.807) is 6.92 Å². The van der Waals surface area contributed by atoms with E-state index in [1.165, 1.54) is 12.2 Å². The maximum atomic E-state index is 12.5. The maximum Gasteiger partial charge on any atom is 0.342 e. The lowest BCUT2D eigenvalue weighted by molar-refractivity contribution is 0.0306. The smallest absolute Gasteiger partial charge is 0.342 e. The van der Waals surface area contributed by atoms with Gasteiger partial charge in [0.2, 0.25) is 0 Å². The highest BCUT2D eigenvalue weighted by atomic mass is 35.5. The molecule has 4 atom stereocenters. The van der Waals surface area contributed by atoms with Gasteiger partial charge in [-0.15, -0.1) is 0 Å². The number of ether oxygens (including phenoxy) is 2. The molecule has 1 aromatic carbocycles. The molecule has 7 nitrogen and oxygen atoms in total. The number of halogens is 1. The van der Waals surface area contributed by atoms with Crippen LogP contribution in [0.2, 0.25) is 5.02 Å². The lowest BCUT2D eigenvalue weighted by atomic mass is 10.0. The first kappa shape index (κ1) is 18.6. The minimum Gasteiger partial charge on any atom is -0.508 e. The minimum absolute atomic E-state index is 0.0874. The SMILES string of the molecule is C[C@@H]1C[C@@H]2O[C@@H]2C[C@@H](O)C=CC(O)=Cc2c(Cl)c(O)cc(O)c2C(=O)O1. The molecule has 0 bridgehead atoms. The molecule has 2 aliphatic heterocycles. The molecule has 4 N–H and O–H groups in total. The van der Waals surface area contributed by atoms with Crippen LogP contribution in [-0.2, 0) is 9.47 Å². The number of carbonyl (C=O) groups is 1. The fourth-order valence-electron chi connectivity index (χ4n) is 2.93. The zero-order valence-corrected chi connectivity index (χ0v) is 14.7. The van der Waals surface area contributed by atoms with Crippen LogP contribution in [0.25, 0.3) is 6.08 Å². The van der Waals surface area contributed by atoms with Crippen LogP contribution in [0.3, 0.4) is 0 Å². The summed E-state index contributed by atoms with van der Waals surface area (Å²) in [6.07, 6.45) is 2.91. The van der Waals surface area contributed by atoms with Crippen molar-refractivity contribution in [1.29, 1.82) is 0 Å². The molecule has 8 heteroatoms. The number of benzene rings is 1. The lowest BCUT2D eigenvalue weighted by Gasteiger charge is -2.16. The zero-order chi connectivity index (χ0) is 19.0. The van der Waals surface area contributed by atoms with Crippen molar-refractivity contribution in [3.8, 4) is 11.5 Å². The second-order valence-corrected chi connectivity index (χ2v) is 6.79. The molecule has 1 fully saturated rings. The summed E-state index contributed by atoms with van der Waals surface area (Å²) in [7, 11) is 0. The van der Waals surface area contributed by atoms with Crippen LogP contribution in [-0.4, -0.2) is 50.8 Å². The van der Waals surface area contributed by atoms with Crippen molar-refractivity contribution in [3.05, 3.63) is 40.1 Å². The predicted octanol–water partition coefficient (Wildman–Crippen LogP) is 2.67. The van der Waals surface area contributed by atoms with Gasteiger partial charge < -0.3 is 29.9 Å². The first-order chi connectivity index (χ1) is 12.3. The second-order valence-electron chi connectivity index (χ2n) is 6.41. The quantitative estimate of drug-likeness (QED) is 0.402. The van der Waals surface area contributed by atoms with Crippen molar-refractivity contribution in [2.75, 3.05) is 0 Å². The van der Waals surface area contributed by atoms with E-state index in [-0.39, 0.29) is 34.1 Å². The van der Waals surface area contributed by atoms with E-state index in [9.17, 15) is 25.2 Å². The van der Waals surface area contributed by atoms with Crippen LogP contribution < -0.4 is 0 Å². The highest BCUT2D eigenvalue weighted by molar-refractivity contribution is 6.34. The number of aliphatic hydroxyl groups is 2. The van der Waals surface area contributed by atoms with E-state index in [0.29, 0.717) is 12.8 Å². The van der Waals surface area contributed by atoms with Crippen molar-refractivity contribution >= 4 is 23.6 Å². The summed E-state index contributed by atoms with van der Waals surface area (Å²) in [5.41, 5.74) is -0.360. The summed E-state index contributed by atoms with van der Waals surface area (Å²) in [5.74, 6) is -2.15. The van der Waals surface area contributed by atoms with Crippen molar-refractivity contribution in [2.24, 2.45) is 0 Å². The van der Waals surface area contributed by atoms with Gasteiger partial charge in [-0.3, -0.25) is 0 Å². The molecule has 0 aliphatic carbocycles. The van der Waals surface area contributed by atoms with Gasteiger partial charge in [0, 0.05) is 24.5 Å². The Balaban J connectivity index is 2.06. The Bertz CT molecular complexity index is 786. The zero-order valence-electron chi connectivity index (χ0n) is 13.9. The second kappa shape index (κ2) is 7.19. The van der Waals surface area contributed by atoms with Gasteiger partial charge in [0.1, 0.15) is 28.9 Å². The molecule has 0 amide bonds. The largest absolute Gasteiger partial charge is 0.508 e. The fraction of sp³-hybridized carbons (Fsp3) is 0.389. The molecule has 0 radical (unpaired) electrons. The van der Waals surface area contributed by atoms with Gasteiger partial charge in [-0.25, -0.2) is 4.79 Å². The molecule has 1 aromatic rings. The summed E-state index contributed by atoms with van der Waals surface area (Å²) in [6, 6.07) is 0.931. The third-order valence-corrected chi connectivity index (χ3v) is 4.68. The third-order valence-electron chi connectivity index (χ3n) is 4.28. The molecule has 26 heavy (non-hydrogen) atoms. The van der Waals surface area contributed by atoms with Crippen molar-refractivity contribution in [1.82, 2.24) is 0 Å². The summed E-state index contributed by atoms with van der Waals surface area (Å²) in [6.45, 7) is 1.69. The molecule has 1 saturated heterocycles. The molecule has 0 saturated carbocycles. The Labute approximate surface area is 154 Å². The van der Waals surface area contributed by atoms with Gasteiger partial charge in [0.25, 0.3) is 0 Å². The number of epoxide rings is 1. The minimum atomic E-state index is -0.839. The van der Waals surface area contributed by atoms with E-state index >= 15 is 0 Å². The Morgan fingerprint density at radius 1 is 1.15 bits per heavy atom. The lowest BCUT2D eigenvalue weighted by Crippen LogP contribution is -2.19. The number of phenols is 2. The number of cyclic esters (lactones) is 1. The van der Waals surface area contributed by atoms with Gasteiger partial charge in [0.05, 0.1) is 23.3 Å². The Morgan fingerprint density at radius 2 is 1.85 bits per heavy atom. The van der Waals surface area contributed by atoms with Gasteiger partial charge >= 0.3 is 5.97 Å². The molecule has 0 aromatic heterocycles. The summed E-state index contributed by atoms with van der Waals surface area (Å²) in [5, 5.41) is 39.7. The summed E-state index contributed by atoms with van der Waals surface area (Å²) >= 11 is 6.04. The number of hydrogen-bond acceptors (Lipinski definition) is 7. The molecule has 0 unspecified atom stereocenters. The first-order valence-electron chi connectivity index (χ1n) is 8.14. The van der Waals surface area contributed by atoms with Gasteiger partial charge in [0.15, 0.2) is 0 Å². The van der Waals surface area contributed by atoms with Crippen molar-refractivity contribution < 1.29 is 34.7 Å². The standard InChI is InChI=1S/C18H19ClO7/c1-8-4-14-15(26-14)6-10(21)3-2-9(20)5-11-16(18(24)25-8)12(22)7-13(23)17(11)19/h2-3,5,7-8,10,14-15,20-23H,4,6H2,1H3/t8-,10+,14+,15-/m1/s1. The van der Waals surface area contributed by atoms with Crippen molar-refractivity contribution in [2.45, 2.75) is 44.2 Å². The summed E-state index contributed by atoms with van der Waals surface area (Å²) < 4.78 is 10.8. The average Bonchev–Trinajstić information content (AvgIpc) is 3.26. The molecule has 2 aliphatic rings. The summed E-state index contributed by atoms with van der Waals surface area (Å²) in [4.78, 5) is 12.5. The van der Waals surface area contributed by atoms with Crippen LogP contribution >= 0.6 is 11.6 Å². The number of carbonyl (C=O) groups excluding carboxylic acids is 1. The van der Waals surface area contributed by atoms with Crippen LogP contribution in [0.5, 0.6) is 11.5 Å². The maximum absolute atomic E-state index is 12.5. The normalized spacial score (nSPS) is 29.0. The van der Waals surface area contributed by atoms with E-state index < -0.39 is 29.7 Å². The third kappa shape index (κ3) is 3.95. The first-order valence-corrected chi connectivity index (χ1v) is 8.52. The fourth-order valence-corrected chi connectivity index (χ4v) is 3.14. The number of rotatable bonds is 0. The molecule has 140 valence electrons. The topological polar surface area (TPSA) is 120 Å². The van der Waals surface area contributed by atoms with Gasteiger partial charge in [-0.2, -0.15) is 0 Å². The van der Waals surface area contributed by atoms with Crippen LogP contribution in [0, 0.1) is 0 Å². The number of esters is 1. The molecule has 0 spiro atoms. The number of hydrogen-bond donors (Lipinski definition) is 4. The van der Waals surface area contributed by atoms with E-state index in [0.717, 1.165) is 12.1 Å². The van der Waals surface area contributed by atoms with E-state index in [1.807, 2.05) is 0 Å². The number of aliphatic hydroxyl groups excluding tert-OH is 2. The van der Waals surface area contributed by atoms with E-state index in [4.69, 9.17) is 21.1 Å². The Morgan fingerprint density at radius 3 is 2.58 bits per heavy atom. The molecule has 3 rings (SSSR count). The number of aromatic hydroxyl groups is 2. The van der Waals surface area contributed by atoms with Gasteiger partial charge in [-0.1, -0.05) is 17.7 Å². The van der Waals surface area contributed by atoms with Crippen LogP contribution in [0.15, 0.2) is 24.0 Å². The molecule has 2 heterocycles. The molecular weight excluding hydrogens is 364 g/mol. The number of allylic oxidation sites excluding steroid dienone is 1. The van der Waals surface area contributed by atoms with E-state index in [2.05, 4.69) is 0 Å². The van der Waals surface area contributed by atoms with Gasteiger partial charge in [-0.05, 0) is 19.1 Å². The van der Waals surface area contributed by atoms with Crippen LogP contribution in [0.1, 0.15) is 35.7 Å². The number of fused-ring (bicyclic) bond motifs is 2. The number of phenolic OH excluding ortho intramolecular Hbond substituents is 2. The van der Waals surface area contributed by atoms with Crippen LogP contribution in [0.4, 0.5) is 0 Å². The predicted molar refractivity (Wildman–Crippen MR) is 93.3 cm³/mol. The highest BCUT2D eigenvalue weighted by Crippen LogP contribution is 2.38. The average molecular weight is 383 g/mol. The monoisotopic (exact) mass is 382 g/mol. The Kier molecular flexibility index (Phi) is 5.13.